The number of ether oxygens (including phenoxy) is 1. The van der Waals surface area contributed by atoms with Crippen LogP contribution in [0.5, 0.6) is 0 Å². The maximum atomic E-state index is 11.2. The van der Waals surface area contributed by atoms with Gasteiger partial charge in [-0.3, -0.25) is 0 Å². The van der Waals surface area contributed by atoms with E-state index >= 15 is 0 Å². The molecular weight excluding hydrogens is 302 g/mol. The lowest BCUT2D eigenvalue weighted by Crippen LogP contribution is -2.44. The summed E-state index contributed by atoms with van der Waals surface area (Å²) in [6.45, 7) is 5.01. The largest absolute Gasteiger partial charge is 0.382 e. The molecule has 2 aliphatic carbocycles. The van der Waals surface area contributed by atoms with Gasteiger partial charge in [0.25, 0.3) is 0 Å². The van der Waals surface area contributed by atoms with Crippen molar-refractivity contribution in [1.29, 1.82) is 0 Å². The third-order valence-electron chi connectivity index (χ3n) is 5.60. The van der Waals surface area contributed by atoms with Crippen LogP contribution in [-0.4, -0.2) is 24.9 Å². The van der Waals surface area contributed by atoms with Crippen LogP contribution in [0.1, 0.15) is 63.5 Å². The SMILES string of the molecule is CCOCCC12CCCCC1C/C(=N\OC(C)=O)c1ccccc12. The molecule has 1 aromatic rings. The predicted octanol–water partition coefficient (Wildman–Crippen LogP) is 4.21. The summed E-state index contributed by atoms with van der Waals surface area (Å²) in [5, 5.41) is 4.18. The molecule has 2 atom stereocenters. The molecule has 1 aromatic carbocycles. The number of carbonyl (C=O) groups excluding carboxylic acids is 1. The van der Waals surface area contributed by atoms with Crippen molar-refractivity contribution in [1.82, 2.24) is 0 Å². The smallest absolute Gasteiger partial charge is 0.331 e. The van der Waals surface area contributed by atoms with E-state index in [1.54, 1.807) is 0 Å². The summed E-state index contributed by atoms with van der Waals surface area (Å²) in [6.07, 6.45) is 6.90. The molecule has 4 heteroatoms. The summed E-state index contributed by atoms with van der Waals surface area (Å²) >= 11 is 0. The van der Waals surface area contributed by atoms with Crippen LogP contribution in [0.15, 0.2) is 29.4 Å². The molecule has 0 N–H and O–H groups in total. The topological polar surface area (TPSA) is 47.9 Å². The lowest BCUT2D eigenvalue weighted by molar-refractivity contribution is -0.140. The summed E-state index contributed by atoms with van der Waals surface area (Å²) < 4.78 is 5.70. The van der Waals surface area contributed by atoms with Crippen molar-refractivity contribution in [2.75, 3.05) is 13.2 Å². The average Bonchev–Trinajstić information content (AvgIpc) is 2.60. The summed E-state index contributed by atoms with van der Waals surface area (Å²) in [5.41, 5.74) is 3.61. The number of hydrogen-bond donors (Lipinski definition) is 0. The zero-order valence-electron chi connectivity index (χ0n) is 14.7. The standard InChI is InChI=1S/C20H27NO3/c1-3-23-13-12-20-11-7-6-8-16(20)14-19(21-24-15(2)22)17-9-4-5-10-18(17)20/h4-5,9-10,16H,3,6-8,11-14H2,1-2H3/b21-19+. The molecule has 4 nitrogen and oxygen atoms in total. The van der Waals surface area contributed by atoms with Gasteiger partial charge in [-0.1, -0.05) is 42.3 Å². The van der Waals surface area contributed by atoms with Gasteiger partial charge < -0.3 is 9.57 Å². The van der Waals surface area contributed by atoms with Crippen LogP contribution < -0.4 is 0 Å². The molecule has 0 heterocycles. The van der Waals surface area contributed by atoms with Crippen LogP contribution in [0.3, 0.4) is 0 Å². The van der Waals surface area contributed by atoms with Crippen molar-refractivity contribution in [2.45, 2.75) is 57.8 Å². The highest BCUT2D eigenvalue weighted by atomic mass is 16.7. The van der Waals surface area contributed by atoms with Crippen LogP contribution in [0.4, 0.5) is 0 Å². The molecule has 1 fully saturated rings. The van der Waals surface area contributed by atoms with Crippen molar-refractivity contribution in [3.63, 3.8) is 0 Å². The van der Waals surface area contributed by atoms with Crippen molar-refractivity contribution < 1.29 is 14.4 Å². The Balaban J connectivity index is 2.00. The maximum Gasteiger partial charge on any atom is 0.331 e. The first-order chi connectivity index (χ1) is 11.7. The van der Waals surface area contributed by atoms with E-state index in [0.717, 1.165) is 37.3 Å². The quantitative estimate of drug-likeness (QED) is 0.462. The molecule has 0 spiro atoms. The third-order valence-corrected chi connectivity index (χ3v) is 5.60. The molecule has 2 aliphatic rings. The van der Waals surface area contributed by atoms with Gasteiger partial charge in [0.15, 0.2) is 0 Å². The van der Waals surface area contributed by atoms with Crippen LogP contribution >= 0.6 is 0 Å². The molecule has 0 saturated heterocycles. The molecule has 0 aliphatic heterocycles. The Kier molecular flexibility index (Phi) is 5.34. The number of hydrogen-bond acceptors (Lipinski definition) is 4. The average molecular weight is 329 g/mol. The van der Waals surface area contributed by atoms with Gasteiger partial charge in [-0.05, 0) is 44.1 Å². The van der Waals surface area contributed by atoms with Gasteiger partial charge in [-0.25, -0.2) is 4.79 Å². The minimum Gasteiger partial charge on any atom is -0.382 e. The van der Waals surface area contributed by atoms with E-state index in [9.17, 15) is 4.79 Å². The zero-order chi connectivity index (χ0) is 17.0. The van der Waals surface area contributed by atoms with E-state index in [0.29, 0.717) is 5.92 Å². The molecule has 1 saturated carbocycles. The lowest BCUT2D eigenvalue weighted by Gasteiger charge is -2.49. The Morgan fingerprint density at radius 1 is 1.33 bits per heavy atom. The highest BCUT2D eigenvalue weighted by Crippen LogP contribution is 2.52. The molecule has 24 heavy (non-hydrogen) atoms. The van der Waals surface area contributed by atoms with Gasteiger partial charge in [0.05, 0.1) is 5.71 Å². The summed E-state index contributed by atoms with van der Waals surface area (Å²) in [7, 11) is 0. The molecule has 3 rings (SSSR count). The number of rotatable bonds is 5. The first-order valence-electron chi connectivity index (χ1n) is 9.09. The number of oxime groups is 1. The molecule has 0 amide bonds. The minimum atomic E-state index is -0.364. The first-order valence-corrected chi connectivity index (χ1v) is 9.09. The summed E-state index contributed by atoms with van der Waals surface area (Å²) in [5.74, 6) is 0.188. The second-order valence-electron chi connectivity index (χ2n) is 6.92. The van der Waals surface area contributed by atoms with Crippen molar-refractivity contribution >= 4 is 11.7 Å². The number of fused-ring (bicyclic) bond motifs is 3. The third kappa shape index (κ3) is 3.25. The highest BCUT2D eigenvalue weighted by Gasteiger charge is 2.46. The van der Waals surface area contributed by atoms with Crippen LogP contribution in [-0.2, 0) is 19.8 Å². The number of benzene rings is 1. The van der Waals surface area contributed by atoms with E-state index in [4.69, 9.17) is 9.57 Å². The van der Waals surface area contributed by atoms with E-state index in [1.807, 2.05) is 6.07 Å². The number of carbonyl (C=O) groups is 1. The van der Waals surface area contributed by atoms with Crippen LogP contribution in [0, 0.1) is 5.92 Å². The molecular formula is C20H27NO3. The van der Waals surface area contributed by atoms with Gasteiger partial charge in [0.2, 0.25) is 0 Å². The Hall–Kier alpha value is -1.68. The van der Waals surface area contributed by atoms with Crippen molar-refractivity contribution in [3.05, 3.63) is 35.4 Å². The first kappa shape index (κ1) is 17.2. The van der Waals surface area contributed by atoms with Crippen LogP contribution in [0.2, 0.25) is 0 Å². The second kappa shape index (κ2) is 7.47. The maximum absolute atomic E-state index is 11.2. The Labute approximate surface area is 144 Å². The summed E-state index contributed by atoms with van der Waals surface area (Å²) in [6, 6.07) is 8.51. The fraction of sp³-hybridized carbons (Fsp3) is 0.600. The van der Waals surface area contributed by atoms with E-state index in [-0.39, 0.29) is 11.4 Å². The van der Waals surface area contributed by atoms with Gasteiger partial charge >= 0.3 is 5.97 Å². The molecule has 0 radical (unpaired) electrons. The van der Waals surface area contributed by atoms with E-state index < -0.39 is 0 Å². The lowest BCUT2D eigenvalue weighted by atomic mass is 9.55. The molecule has 0 aromatic heterocycles. The molecule has 0 bridgehead atoms. The predicted molar refractivity (Wildman–Crippen MR) is 94.1 cm³/mol. The molecule has 2 unspecified atom stereocenters. The van der Waals surface area contributed by atoms with Gasteiger partial charge in [-0.2, -0.15) is 0 Å². The Morgan fingerprint density at radius 2 is 2.17 bits per heavy atom. The normalized spacial score (nSPS) is 27.4. The Bertz CT molecular complexity index is 625. The van der Waals surface area contributed by atoms with E-state index in [2.05, 4.69) is 30.3 Å². The number of nitrogens with zero attached hydrogens (tertiary/aromatic N) is 1. The fourth-order valence-corrected chi connectivity index (χ4v) is 4.54. The van der Waals surface area contributed by atoms with Crippen molar-refractivity contribution in [3.8, 4) is 0 Å². The van der Waals surface area contributed by atoms with E-state index in [1.165, 1.54) is 38.2 Å². The molecule has 130 valence electrons. The summed E-state index contributed by atoms with van der Waals surface area (Å²) in [4.78, 5) is 16.1. The zero-order valence-corrected chi connectivity index (χ0v) is 14.7. The van der Waals surface area contributed by atoms with Crippen LogP contribution in [0.25, 0.3) is 0 Å². The minimum absolute atomic E-state index is 0.180. The second-order valence-corrected chi connectivity index (χ2v) is 6.92. The van der Waals surface area contributed by atoms with Crippen molar-refractivity contribution in [2.24, 2.45) is 11.1 Å². The fourth-order valence-electron chi connectivity index (χ4n) is 4.54. The van der Waals surface area contributed by atoms with Gasteiger partial charge in [-0.15, -0.1) is 0 Å². The van der Waals surface area contributed by atoms with Gasteiger partial charge in [0, 0.05) is 31.1 Å². The highest BCUT2D eigenvalue weighted by molar-refractivity contribution is 6.03. The monoisotopic (exact) mass is 329 g/mol. The Morgan fingerprint density at radius 3 is 2.96 bits per heavy atom. The van der Waals surface area contributed by atoms with Gasteiger partial charge in [0.1, 0.15) is 0 Å².